The van der Waals surface area contributed by atoms with Gasteiger partial charge in [-0.1, -0.05) is 86.7 Å². The van der Waals surface area contributed by atoms with E-state index in [4.69, 9.17) is 0 Å². The van der Waals surface area contributed by atoms with Crippen LogP contribution in [0.2, 0.25) is 0 Å². The van der Waals surface area contributed by atoms with Gasteiger partial charge in [-0.3, -0.25) is 4.79 Å². The molecule has 128 valence electrons. The average Bonchev–Trinajstić information content (AvgIpc) is 2.66. The molecule has 0 aliphatic heterocycles. The van der Waals surface area contributed by atoms with Gasteiger partial charge in [0.25, 0.3) is 0 Å². The molecule has 1 nitrogen and oxygen atoms in total. The van der Waals surface area contributed by atoms with Gasteiger partial charge >= 0.3 is 0 Å². The Hall–Kier alpha value is -2.41. The van der Waals surface area contributed by atoms with Crippen LogP contribution in [0.15, 0.2) is 84.0 Å². The summed E-state index contributed by atoms with van der Waals surface area (Å²) < 4.78 is 0. The summed E-state index contributed by atoms with van der Waals surface area (Å²) >= 11 is 0. The van der Waals surface area contributed by atoms with E-state index >= 15 is 0 Å². The Kier molecular flexibility index (Phi) is 5.65. The first-order chi connectivity index (χ1) is 12.1. The van der Waals surface area contributed by atoms with Gasteiger partial charge in [0.1, 0.15) is 0 Å². The SMILES string of the molecule is CC(/C=C1\CCC/C(=C\C(C)c2ccccc2)C1=O)c1ccccc1. The zero-order valence-electron chi connectivity index (χ0n) is 15.1. The number of carbonyl (C=O) groups excluding carboxylic acids is 1. The molecule has 0 amide bonds. The fourth-order valence-electron chi connectivity index (χ4n) is 3.53. The van der Waals surface area contributed by atoms with Crippen LogP contribution in [0.4, 0.5) is 0 Å². The summed E-state index contributed by atoms with van der Waals surface area (Å²) in [6, 6.07) is 20.8. The minimum Gasteiger partial charge on any atom is -0.289 e. The zero-order valence-corrected chi connectivity index (χ0v) is 15.1. The van der Waals surface area contributed by atoms with E-state index in [1.807, 2.05) is 12.1 Å². The number of benzene rings is 2. The third-order valence-electron chi connectivity index (χ3n) is 5.03. The molecule has 0 radical (unpaired) electrons. The molecule has 25 heavy (non-hydrogen) atoms. The predicted molar refractivity (Wildman–Crippen MR) is 105 cm³/mol. The van der Waals surface area contributed by atoms with Crippen LogP contribution in [0.25, 0.3) is 0 Å². The Bertz CT molecular complexity index is 703. The van der Waals surface area contributed by atoms with Crippen LogP contribution in [0, 0.1) is 0 Å². The molecule has 2 aromatic carbocycles. The van der Waals surface area contributed by atoms with E-state index in [1.54, 1.807) is 0 Å². The molecule has 3 rings (SSSR count). The lowest BCUT2D eigenvalue weighted by Gasteiger charge is -2.20. The Morgan fingerprint density at radius 3 is 1.52 bits per heavy atom. The molecule has 0 aromatic heterocycles. The summed E-state index contributed by atoms with van der Waals surface area (Å²) in [5, 5.41) is 0. The third-order valence-corrected chi connectivity index (χ3v) is 5.03. The van der Waals surface area contributed by atoms with Crippen LogP contribution >= 0.6 is 0 Å². The maximum atomic E-state index is 12.9. The van der Waals surface area contributed by atoms with E-state index < -0.39 is 0 Å². The second-order valence-electron chi connectivity index (χ2n) is 6.97. The molecule has 1 aliphatic rings. The van der Waals surface area contributed by atoms with Gasteiger partial charge < -0.3 is 0 Å². The molecule has 0 spiro atoms. The summed E-state index contributed by atoms with van der Waals surface area (Å²) in [4.78, 5) is 12.9. The van der Waals surface area contributed by atoms with Crippen molar-refractivity contribution in [1.82, 2.24) is 0 Å². The van der Waals surface area contributed by atoms with Crippen LogP contribution in [-0.4, -0.2) is 5.78 Å². The van der Waals surface area contributed by atoms with E-state index in [1.165, 1.54) is 11.1 Å². The summed E-state index contributed by atoms with van der Waals surface area (Å²) in [5.74, 6) is 0.786. The molecule has 2 unspecified atom stereocenters. The quantitative estimate of drug-likeness (QED) is 0.610. The standard InChI is InChI=1S/C24H26O/c1-18(20-10-5-3-6-11-20)16-22-14-9-15-23(24(22)25)17-19(2)21-12-7-4-8-13-21/h3-8,10-13,16-19H,9,14-15H2,1-2H3/b22-16+,23-17+. The third kappa shape index (κ3) is 4.36. The lowest BCUT2D eigenvalue weighted by atomic mass is 9.84. The fourth-order valence-corrected chi connectivity index (χ4v) is 3.53. The van der Waals surface area contributed by atoms with Crippen LogP contribution in [0.3, 0.4) is 0 Å². The first-order valence-corrected chi connectivity index (χ1v) is 9.21. The average molecular weight is 330 g/mol. The number of hydrogen-bond donors (Lipinski definition) is 0. The Morgan fingerprint density at radius 2 is 1.12 bits per heavy atom. The molecule has 2 aromatic rings. The highest BCUT2D eigenvalue weighted by atomic mass is 16.1. The van der Waals surface area contributed by atoms with Crippen molar-refractivity contribution >= 4 is 5.78 Å². The van der Waals surface area contributed by atoms with Gasteiger partial charge in [-0.05, 0) is 53.4 Å². The van der Waals surface area contributed by atoms with E-state index in [0.29, 0.717) is 0 Å². The molecule has 1 saturated carbocycles. The second kappa shape index (κ2) is 8.11. The van der Waals surface area contributed by atoms with E-state index in [9.17, 15) is 4.79 Å². The van der Waals surface area contributed by atoms with Gasteiger partial charge in [0.15, 0.2) is 5.78 Å². The molecule has 0 heterocycles. The molecule has 0 saturated heterocycles. The highest BCUT2D eigenvalue weighted by molar-refractivity contribution is 6.09. The predicted octanol–water partition coefficient (Wildman–Crippen LogP) is 6.20. The lowest BCUT2D eigenvalue weighted by Crippen LogP contribution is -2.14. The van der Waals surface area contributed by atoms with E-state index in [-0.39, 0.29) is 17.6 Å². The van der Waals surface area contributed by atoms with Crippen molar-refractivity contribution in [1.29, 1.82) is 0 Å². The van der Waals surface area contributed by atoms with Crippen molar-refractivity contribution in [3.8, 4) is 0 Å². The van der Waals surface area contributed by atoms with Crippen LogP contribution in [0.1, 0.15) is 56.1 Å². The second-order valence-corrected chi connectivity index (χ2v) is 6.97. The van der Waals surface area contributed by atoms with Crippen molar-refractivity contribution in [2.75, 3.05) is 0 Å². The number of ketones is 1. The van der Waals surface area contributed by atoms with Gasteiger partial charge in [0, 0.05) is 0 Å². The highest BCUT2D eigenvalue weighted by Gasteiger charge is 2.22. The van der Waals surface area contributed by atoms with Crippen molar-refractivity contribution < 1.29 is 4.79 Å². The minimum atomic E-state index is 0.247. The Balaban J connectivity index is 1.79. The molecular formula is C24H26O. The van der Waals surface area contributed by atoms with Gasteiger partial charge in [0.2, 0.25) is 0 Å². The number of Topliss-reactive ketones (excluding diaryl/α,β-unsaturated/α-hetero) is 1. The molecule has 1 heteroatoms. The van der Waals surface area contributed by atoms with Crippen LogP contribution in [-0.2, 0) is 4.79 Å². The number of allylic oxidation sites excluding steroid dienone is 4. The maximum absolute atomic E-state index is 12.9. The largest absolute Gasteiger partial charge is 0.289 e. The van der Waals surface area contributed by atoms with Gasteiger partial charge in [-0.25, -0.2) is 0 Å². The fraction of sp³-hybridized carbons (Fsp3) is 0.292. The van der Waals surface area contributed by atoms with Crippen molar-refractivity contribution in [3.05, 3.63) is 95.1 Å². The summed E-state index contributed by atoms with van der Waals surface area (Å²) in [7, 11) is 0. The van der Waals surface area contributed by atoms with E-state index in [0.717, 1.165) is 30.4 Å². The molecule has 1 fully saturated rings. The molecule has 0 bridgehead atoms. The van der Waals surface area contributed by atoms with E-state index in [2.05, 4.69) is 74.5 Å². The monoisotopic (exact) mass is 330 g/mol. The molecule has 0 N–H and O–H groups in total. The Labute approximate surface area is 151 Å². The van der Waals surface area contributed by atoms with Crippen molar-refractivity contribution in [2.24, 2.45) is 0 Å². The number of carbonyl (C=O) groups is 1. The lowest BCUT2D eigenvalue weighted by molar-refractivity contribution is -0.113. The number of rotatable bonds is 4. The Morgan fingerprint density at radius 1 is 0.720 bits per heavy atom. The molecule has 2 atom stereocenters. The summed E-state index contributed by atoms with van der Waals surface area (Å²) in [6.45, 7) is 4.33. The zero-order chi connectivity index (χ0) is 17.6. The van der Waals surface area contributed by atoms with Crippen LogP contribution < -0.4 is 0 Å². The summed E-state index contributed by atoms with van der Waals surface area (Å²) in [6.07, 6.45) is 7.18. The molecular weight excluding hydrogens is 304 g/mol. The first-order valence-electron chi connectivity index (χ1n) is 9.21. The first kappa shape index (κ1) is 17.4. The number of hydrogen-bond acceptors (Lipinski definition) is 1. The maximum Gasteiger partial charge on any atom is 0.184 e. The topological polar surface area (TPSA) is 17.1 Å². The van der Waals surface area contributed by atoms with Gasteiger partial charge in [-0.15, -0.1) is 0 Å². The normalized spacial score (nSPS) is 20.6. The van der Waals surface area contributed by atoms with Crippen molar-refractivity contribution in [2.45, 2.75) is 44.9 Å². The highest BCUT2D eigenvalue weighted by Crippen LogP contribution is 2.30. The van der Waals surface area contributed by atoms with Crippen LogP contribution in [0.5, 0.6) is 0 Å². The smallest absolute Gasteiger partial charge is 0.184 e. The molecule has 1 aliphatic carbocycles. The van der Waals surface area contributed by atoms with Gasteiger partial charge in [0.05, 0.1) is 0 Å². The van der Waals surface area contributed by atoms with Gasteiger partial charge in [-0.2, -0.15) is 0 Å². The minimum absolute atomic E-state index is 0.247. The van der Waals surface area contributed by atoms with Crippen molar-refractivity contribution in [3.63, 3.8) is 0 Å². The summed E-state index contributed by atoms with van der Waals surface area (Å²) in [5.41, 5.74) is 4.48.